The Morgan fingerprint density at radius 3 is 2.23 bits per heavy atom. The van der Waals surface area contributed by atoms with Crippen LogP contribution in [0.3, 0.4) is 0 Å². The summed E-state index contributed by atoms with van der Waals surface area (Å²) >= 11 is 0. The van der Waals surface area contributed by atoms with Gasteiger partial charge < -0.3 is 69.5 Å². The van der Waals surface area contributed by atoms with Crippen LogP contribution < -0.4 is 10.6 Å². The number of likely N-dealkylation sites (N-methyl/N-ethyl adjacent to an activating group) is 1. The van der Waals surface area contributed by atoms with Crippen molar-refractivity contribution in [2.75, 3.05) is 47.4 Å². The molecule has 0 unspecified atom stereocenters. The average molecular weight is 818 g/mol. The van der Waals surface area contributed by atoms with Crippen LogP contribution in [0, 0.1) is 23.7 Å². The SMILES string of the molecule is CO[C@@H]1C[C@H](O[C@@H]2[C@@H](C)[C@@H](O[C@@H]3O[C@H](C)C[C@H](N(C)C)[C@H]3O)[C@](C)(O)C[C@@H](C)NC[C@@H](C)[C@H](O)[C@](C)(O)COC(=O)[C@@H]2C)O[C@@H](C)[C@@]1(O)CNCC1CCCCC1. The fourth-order valence-electron chi connectivity index (χ4n) is 9.72. The normalized spacial score (nSPS) is 46.6. The predicted molar refractivity (Wildman–Crippen MR) is 214 cm³/mol. The molecule has 4 fully saturated rings. The van der Waals surface area contributed by atoms with Crippen molar-refractivity contribution in [2.45, 2.75) is 191 Å². The third kappa shape index (κ3) is 12.3. The molecule has 0 spiro atoms. The summed E-state index contributed by atoms with van der Waals surface area (Å²) in [6.45, 7) is 14.9. The molecule has 0 aromatic rings. The van der Waals surface area contributed by atoms with Crippen molar-refractivity contribution in [2.24, 2.45) is 23.7 Å². The fraction of sp³-hybridized carbons (Fsp3) is 0.976. The van der Waals surface area contributed by atoms with Crippen LogP contribution in [0.4, 0.5) is 0 Å². The minimum absolute atomic E-state index is 0.140. The maximum absolute atomic E-state index is 14.0. The molecule has 0 bridgehead atoms. The number of nitrogens with zero attached hydrogens (tertiary/aromatic N) is 1. The summed E-state index contributed by atoms with van der Waals surface area (Å²) < 4.78 is 37.7. The number of methoxy groups -OCH3 is 1. The maximum Gasteiger partial charge on any atom is 0.311 e. The molecule has 15 nitrogen and oxygen atoms in total. The molecule has 3 heterocycles. The van der Waals surface area contributed by atoms with E-state index in [2.05, 4.69) is 10.6 Å². The second-order valence-corrected chi connectivity index (χ2v) is 18.9. The zero-order valence-electron chi connectivity index (χ0n) is 36.7. The molecule has 1 aliphatic carbocycles. The van der Waals surface area contributed by atoms with Gasteiger partial charge in [-0.25, -0.2) is 0 Å². The summed E-state index contributed by atoms with van der Waals surface area (Å²) in [5.74, 6) is -2.33. The van der Waals surface area contributed by atoms with Crippen LogP contribution in [-0.2, 0) is 33.2 Å². The van der Waals surface area contributed by atoms with E-state index in [-0.39, 0.29) is 37.6 Å². The van der Waals surface area contributed by atoms with Gasteiger partial charge in [-0.05, 0) is 99.7 Å². The van der Waals surface area contributed by atoms with Gasteiger partial charge in [0.05, 0.1) is 48.1 Å². The Labute approximate surface area is 341 Å². The number of carbonyl (C=O) groups excluding carboxylic acids is 1. The molecule has 57 heavy (non-hydrogen) atoms. The van der Waals surface area contributed by atoms with E-state index in [1.807, 2.05) is 39.8 Å². The minimum Gasteiger partial charge on any atom is -0.462 e. The van der Waals surface area contributed by atoms with Crippen LogP contribution in [0.5, 0.6) is 0 Å². The number of carbonyl (C=O) groups is 1. The van der Waals surface area contributed by atoms with Crippen molar-refractivity contribution in [1.29, 1.82) is 0 Å². The molecule has 4 aliphatic rings. The van der Waals surface area contributed by atoms with E-state index < -0.39 is 96.3 Å². The first-order chi connectivity index (χ1) is 26.6. The summed E-state index contributed by atoms with van der Waals surface area (Å²) in [5.41, 5.74) is -4.70. The van der Waals surface area contributed by atoms with Crippen molar-refractivity contribution in [1.82, 2.24) is 15.5 Å². The summed E-state index contributed by atoms with van der Waals surface area (Å²) in [4.78, 5) is 15.9. The number of aliphatic hydroxyl groups is 5. The van der Waals surface area contributed by atoms with Crippen LogP contribution in [0.25, 0.3) is 0 Å². The van der Waals surface area contributed by atoms with Crippen LogP contribution in [0.1, 0.15) is 107 Å². The van der Waals surface area contributed by atoms with Crippen LogP contribution in [0.15, 0.2) is 0 Å². The smallest absolute Gasteiger partial charge is 0.311 e. The molecule has 17 atom stereocenters. The number of hydrogen-bond acceptors (Lipinski definition) is 15. The van der Waals surface area contributed by atoms with Crippen LogP contribution >= 0.6 is 0 Å². The van der Waals surface area contributed by atoms with Crippen molar-refractivity contribution >= 4 is 5.97 Å². The van der Waals surface area contributed by atoms with Gasteiger partial charge in [-0.1, -0.05) is 33.1 Å². The number of ether oxygens (including phenoxy) is 6. The van der Waals surface area contributed by atoms with Crippen molar-refractivity contribution < 1.29 is 58.7 Å². The molecule has 3 aliphatic heterocycles. The summed E-state index contributed by atoms with van der Waals surface area (Å²) in [6.07, 6.45) is -1.13. The highest BCUT2D eigenvalue weighted by atomic mass is 16.7. The molecule has 1 saturated carbocycles. The van der Waals surface area contributed by atoms with Crippen LogP contribution in [0.2, 0.25) is 0 Å². The summed E-state index contributed by atoms with van der Waals surface area (Å²) in [5, 5.41) is 65.3. The third-order valence-corrected chi connectivity index (χ3v) is 13.4. The molecule has 3 saturated heterocycles. The molecule has 0 aromatic carbocycles. The van der Waals surface area contributed by atoms with Gasteiger partial charge in [0.1, 0.15) is 23.9 Å². The molecule has 0 radical (unpaired) electrons. The second kappa shape index (κ2) is 20.7. The van der Waals surface area contributed by atoms with E-state index in [1.54, 1.807) is 34.8 Å². The Kier molecular flexibility index (Phi) is 17.6. The maximum atomic E-state index is 14.0. The van der Waals surface area contributed by atoms with Gasteiger partial charge in [0.25, 0.3) is 0 Å². The van der Waals surface area contributed by atoms with Gasteiger partial charge >= 0.3 is 5.97 Å². The molecule has 7 N–H and O–H groups in total. The Morgan fingerprint density at radius 2 is 1.60 bits per heavy atom. The summed E-state index contributed by atoms with van der Waals surface area (Å²) in [7, 11) is 5.32. The van der Waals surface area contributed by atoms with Gasteiger partial charge in [-0.3, -0.25) is 4.79 Å². The number of nitrogens with one attached hydrogen (secondary N) is 2. The van der Waals surface area contributed by atoms with E-state index in [0.29, 0.717) is 18.9 Å². The Hall–Kier alpha value is -1.05. The molecule has 334 valence electrons. The highest BCUT2D eigenvalue weighted by molar-refractivity contribution is 5.72. The van der Waals surface area contributed by atoms with Crippen molar-refractivity contribution in [3.63, 3.8) is 0 Å². The van der Waals surface area contributed by atoms with E-state index in [0.717, 1.165) is 6.54 Å². The monoisotopic (exact) mass is 818 g/mol. The third-order valence-electron chi connectivity index (χ3n) is 13.4. The number of aliphatic hydroxyl groups excluding tert-OH is 2. The quantitative estimate of drug-likeness (QED) is 0.158. The van der Waals surface area contributed by atoms with Gasteiger partial charge in [-0.15, -0.1) is 0 Å². The Bertz CT molecular complexity index is 1240. The Morgan fingerprint density at radius 1 is 0.930 bits per heavy atom. The highest BCUT2D eigenvalue weighted by Crippen LogP contribution is 2.39. The highest BCUT2D eigenvalue weighted by Gasteiger charge is 2.53. The summed E-state index contributed by atoms with van der Waals surface area (Å²) in [6, 6.07) is -0.569. The Balaban J connectivity index is 1.67. The van der Waals surface area contributed by atoms with E-state index >= 15 is 0 Å². The van der Waals surface area contributed by atoms with Gasteiger partial charge in [0.2, 0.25) is 0 Å². The second-order valence-electron chi connectivity index (χ2n) is 18.9. The van der Waals surface area contributed by atoms with E-state index in [9.17, 15) is 30.3 Å². The largest absolute Gasteiger partial charge is 0.462 e. The lowest BCUT2D eigenvalue weighted by Crippen LogP contribution is -2.64. The minimum atomic E-state index is -1.75. The number of esters is 1. The first-order valence-electron chi connectivity index (χ1n) is 21.6. The fourth-order valence-corrected chi connectivity index (χ4v) is 9.72. The molecular formula is C42H79N3O12. The van der Waals surface area contributed by atoms with Gasteiger partial charge in [0, 0.05) is 44.6 Å². The van der Waals surface area contributed by atoms with Crippen molar-refractivity contribution in [3.05, 3.63) is 0 Å². The molecule has 0 amide bonds. The molecule has 4 rings (SSSR count). The molecule has 15 heteroatoms. The average Bonchev–Trinajstić information content (AvgIpc) is 3.15. The lowest BCUT2D eigenvalue weighted by molar-refractivity contribution is -0.319. The first kappa shape index (κ1) is 48.6. The lowest BCUT2D eigenvalue weighted by Gasteiger charge is -2.49. The van der Waals surface area contributed by atoms with E-state index in [1.165, 1.54) is 39.0 Å². The van der Waals surface area contributed by atoms with Gasteiger partial charge in [-0.2, -0.15) is 0 Å². The molecular weight excluding hydrogens is 738 g/mol. The zero-order valence-corrected chi connectivity index (χ0v) is 36.7. The number of hydrogen-bond donors (Lipinski definition) is 7. The van der Waals surface area contributed by atoms with Crippen LogP contribution in [-0.4, -0.2) is 168 Å². The lowest BCUT2D eigenvalue weighted by atomic mass is 9.78. The standard InChI is InChI=1S/C42H79N3O12/c1-24-20-44-25(2)19-40(7,49)37(57-39-34(46)31(45(9)10)17-26(3)54-39)27(4)35(28(5)38(48)53-23-41(8,50)36(24)47)56-33-18-32(52-11)42(51,29(6)55-33)22-43-21-30-15-13-12-14-16-30/h24-37,39,43-44,46-47,49-51H,12-23H2,1-11H3/t24-,25-,26-,27-,28-,29+,31+,32-,33+,34-,35-,36+,37-,39+,40-,41-,42+/m1/s1. The predicted octanol–water partition coefficient (Wildman–Crippen LogP) is 1.93. The van der Waals surface area contributed by atoms with Crippen molar-refractivity contribution in [3.8, 4) is 0 Å². The first-order valence-corrected chi connectivity index (χ1v) is 21.6. The zero-order chi connectivity index (χ0) is 42.5. The molecule has 0 aromatic heterocycles. The topological polar surface area (TPSA) is 201 Å². The van der Waals surface area contributed by atoms with E-state index in [4.69, 9.17) is 28.4 Å². The van der Waals surface area contributed by atoms with Gasteiger partial charge in [0.15, 0.2) is 12.6 Å². The number of rotatable bonds is 10. The number of cyclic esters (lactones) is 1.